The fourth-order valence-electron chi connectivity index (χ4n) is 3.30. The Morgan fingerprint density at radius 1 is 1.33 bits per heavy atom. The monoisotopic (exact) mass is 332 g/mol. The molecule has 0 saturated carbocycles. The minimum absolute atomic E-state index is 0.0406. The number of ether oxygens (including phenoxy) is 1. The van der Waals surface area contributed by atoms with Crippen LogP contribution in [0.5, 0.6) is 0 Å². The Labute approximate surface area is 141 Å². The number of nitrogens with zero attached hydrogens (tertiary/aromatic N) is 1. The van der Waals surface area contributed by atoms with Gasteiger partial charge in [-0.2, -0.15) is 0 Å². The van der Waals surface area contributed by atoms with Gasteiger partial charge in [0.25, 0.3) is 5.91 Å². The summed E-state index contributed by atoms with van der Waals surface area (Å²) in [5, 5.41) is 12.6. The van der Waals surface area contributed by atoms with E-state index >= 15 is 0 Å². The number of benzene rings is 1. The first-order valence-electron chi connectivity index (χ1n) is 8.51. The van der Waals surface area contributed by atoms with Crippen LogP contribution in [0.4, 0.5) is 5.69 Å². The van der Waals surface area contributed by atoms with E-state index in [0.717, 1.165) is 24.9 Å². The first kappa shape index (κ1) is 16.9. The van der Waals surface area contributed by atoms with Gasteiger partial charge in [0.15, 0.2) is 0 Å². The van der Waals surface area contributed by atoms with E-state index in [0.29, 0.717) is 38.3 Å². The van der Waals surface area contributed by atoms with Crippen molar-refractivity contribution in [1.82, 2.24) is 5.32 Å². The zero-order valence-corrected chi connectivity index (χ0v) is 13.8. The Kier molecular flexibility index (Phi) is 5.16. The Balaban J connectivity index is 1.65. The van der Waals surface area contributed by atoms with Crippen LogP contribution >= 0.6 is 0 Å². The molecule has 130 valence electrons. The fourth-order valence-corrected chi connectivity index (χ4v) is 3.30. The van der Waals surface area contributed by atoms with Gasteiger partial charge in [0.05, 0.1) is 6.61 Å². The van der Waals surface area contributed by atoms with Crippen LogP contribution in [0.15, 0.2) is 24.3 Å². The van der Waals surface area contributed by atoms with E-state index in [2.05, 4.69) is 5.32 Å². The lowest BCUT2D eigenvalue weighted by Crippen LogP contribution is -2.43. The molecule has 2 amide bonds. The summed E-state index contributed by atoms with van der Waals surface area (Å²) in [4.78, 5) is 26.0. The predicted molar refractivity (Wildman–Crippen MR) is 89.9 cm³/mol. The molecule has 2 fully saturated rings. The molecule has 2 aliphatic rings. The lowest BCUT2D eigenvalue weighted by atomic mass is 9.81. The molecular formula is C18H24N2O4. The average Bonchev–Trinajstić information content (AvgIpc) is 3.06. The standard InChI is InChI=1S/C18H24N2O4/c21-13-18(6-9-24-10-7-18)12-19-17(23)14-3-1-4-15(11-14)20-8-2-5-16(20)22/h1,3-4,11,21H,2,5-10,12-13H2,(H,19,23). The normalized spacial score (nSPS) is 20.2. The summed E-state index contributed by atoms with van der Waals surface area (Å²) < 4.78 is 5.34. The molecule has 2 heterocycles. The van der Waals surface area contributed by atoms with Gasteiger partial charge in [-0.05, 0) is 37.5 Å². The van der Waals surface area contributed by atoms with E-state index < -0.39 is 0 Å². The summed E-state index contributed by atoms with van der Waals surface area (Å²) in [6, 6.07) is 7.16. The highest BCUT2D eigenvalue weighted by Crippen LogP contribution is 2.29. The Morgan fingerprint density at radius 2 is 2.12 bits per heavy atom. The van der Waals surface area contributed by atoms with Gasteiger partial charge in [0, 0.05) is 49.4 Å². The molecule has 6 heteroatoms. The van der Waals surface area contributed by atoms with Crippen molar-refractivity contribution in [2.45, 2.75) is 25.7 Å². The molecule has 0 unspecified atom stereocenters. The number of nitrogens with one attached hydrogen (secondary N) is 1. The summed E-state index contributed by atoms with van der Waals surface area (Å²) >= 11 is 0. The molecule has 1 aromatic carbocycles. The number of hydrogen-bond acceptors (Lipinski definition) is 4. The van der Waals surface area contributed by atoms with Crippen molar-refractivity contribution in [1.29, 1.82) is 0 Å². The van der Waals surface area contributed by atoms with Gasteiger partial charge in [-0.25, -0.2) is 0 Å². The summed E-state index contributed by atoms with van der Waals surface area (Å²) in [5.74, 6) is -0.0724. The maximum absolute atomic E-state index is 12.5. The van der Waals surface area contributed by atoms with E-state index in [1.165, 1.54) is 0 Å². The van der Waals surface area contributed by atoms with E-state index in [-0.39, 0.29) is 23.8 Å². The second-order valence-corrected chi connectivity index (χ2v) is 6.65. The summed E-state index contributed by atoms with van der Waals surface area (Å²) in [5.41, 5.74) is 1.01. The highest BCUT2D eigenvalue weighted by Gasteiger charge is 2.32. The van der Waals surface area contributed by atoms with Crippen LogP contribution in [-0.4, -0.2) is 49.8 Å². The van der Waals surface area contributed by atoms with Gasteiger partial charge in [-0.15, -0.1) is 0 Å². The maximum atomic E-state index is 12.5. The number of aliphatic hydroxyl groups is 1. The molecule has 2 aliphatic heterocycles. The second kappa shape index (κ2) is 7.32. The first-order valence-corrected chi connectivity index (χ1v) is 8.51. The van der Waals surface area contributed by atoms with E-state index in [4.69, 9.17) is 4.74 Å². The molecule has 0 spiro atoms. The summed E-state index contributed by atoms with van der Waals surface area (Å²) in [6.07, 6.45) is 2.91. The van der Waals surface area contributed by atoms with Crippen LogP contribution in [0.3, 0.4) is 0 Å². The lowest BCUT2D eigenvalue weighted by Gasteiger charge is -2.35. The quantitative estimate of drug-likeness (QED) is 0.853. The number of rotatable bonds is 5. The molecule has 0 radical (unpaired) electrons. The SMILES string of the molecule is O=C(NCC1(CO)CCOCC1)c1cccc(N2CCCC2=O)c1. The molecule has 24 heavy (non-hydrogen) atoms. The molecule has 1 aromatic rings. The van der Waals surface area contributed by atoms with Gasteiger partial charge in [-0.3, -0.25) is 9.59 Å². The van der Waals surface area contributed by atoms with Crippen LogP contribution < -0.4 is 10.2 Å². The summed E-state index contributed by atoms with van der Waals surface area (Å²) in [7, 11) is 0. The molecule has 2 N–H and O–H groups in total. The van der Waals surface area contributed by atoms with Crippen molar-refractivity contribution in [3.8, 4) is 0 Å². The second-order valence-electron chi connectivity index (χ2n) is 6.65. The summed E-state index contributed by atoms with van der Waals surface area (Å²) in [6.45, 7) is 2.40. The van der Waals surface area contributed by atoms with E-state index in [9.17, 15) is 14.7 Å². The van der Waals surface area contributed by atoms with Crippen LogP contribution in [0.2, 0.25) is 0 Å². The minimum Gasteiger partial charge on any atom is -0.396 e. The number of aliphatic hydroxyl groups excluding tert-OH is 1. The number of amides is 2. The minimum atomic E-state index is -0.295. The molecule has 3 rings (SSSR count). The molecule has 0 aromatic heterocycles. The third kappa shape index (κ3) is 3.60. The number of anilines is 1. The lowest BCUT2D eigenvalue weighted by molar-refractivity contribution is -0.117. The van der Waals surface area contributed by atoms with Gasteiger partial charge in [-0.1, -0.05) is 6.07 Å². The number of carbonyl (C=O) groups excluding carboxylic acids is 2. The topological polar surface area (TPSA) is 78.9 Å². The highest BCUT2D eigenvalue weighted by molar-refractivity contribution is 5.99. The fraction of sp³-hybridized carbons (Fsp3) is 0.556. The van der Waals surface area contributed by atoms with Crippen LogP contribution in [0, 0.1) is 5.41 Å². The van der Waals surface area contributed by atoms with Gasteiger partial charge in [0.2, 0.25) is 5.91 Å². The van der Waals surface area contributed by atoms with Crippen molar-refractivity contribution in [3.05, 3.63) is 29.8 Å². The van der Waals surface area contributed by atoms with Gasteiger partial charge < -0.3 is 20.1 Å². The van der Waals surface area contributed by atoms with Gasteiger partial charge >= 0.3 is 0 Å². The smallest absolute Gasteiger partial charge is 0.251 e. The van der Waals surface area contributed by atoms with E-state index in [1.807, 2.05) is 6.07 Å². The molecular weight excluding hydrogens is 308 g/mol. The number of hydrogen-bond donors (Lipinski definition) is 2. The third-order valence-electron chi connectivity index (χ3n) is 5.01. The zero-order chi connectivity index (χ0) is 17.0. The third-order valence-corrected chi connectivity index (χ3v) is 5.01. The molecule has 0 bridgehead atoms. The highest BCUT2D eigenvalue weighted by atomic mass is 16.5. The molecule has 6 nitrogen and oxygen atoms in total. The number of carbonyl (C=O) groups is 2. The molecule has 2 saturated heterocycles. The van der Waals surface area contributed by atoms with Crippen molar-refractivity contribution in [2.24, 2.45) is 5.41 Å². The zero-order valence-electron chi connectivity index (χ0n) is 13.8. The van der Waals surface area contributed by atoms with Crippen molar-refractivity contribution >= 4 is 17.5 Å². The Morgan fingerprint density at radius 3 is 2.79 bits per heavy atom. The van der Waals surface area contributed by atoms with Crippen LogP contribution in [0.1, 0.15) is 36.0 Å². The largest absolute Gasteiger partial charge is 0.396 e. The van der Waals surface area contributed by atoms with Crippen molar-refractivity contribution < 1.29 is 19.4 Å². The van der Waals surface area contributed by atoms with Crippen molar-refractivity contribution in [2.75, 3.05) is 37.8 Å². The molecule has 0 atom stereocenters. The average molecular weight is 332 g/mol. The molecule has 0 aliphatic carbocycles. The van der Waals surface area contributed by atoms with Crippen LogP contribution in [-0.2, 0) is 9.53 Å². The first-order chi connectivity index (χ1) is 11.6. The van der Waals surface area contributed by atoms with Crippen molar-refractivity contribution in [3.63, 3.8) is 0 Å². The van der Waals surface area contributed by atoms with Crippen LogP contribution in [0.25, 0.3) is 0 Å². The maximum Gasteiger partial charge on any atom is 0.251 e. The van der Waals surface area contributed by atoms with Gasteiger partial charge in [0.1, 0.15) is 0 Å². The Hall–Kier alpha value is -1.92. The predicted octanol–water partition coefficient (Wildman–Crippen LogP) is 1.33. The Bertz CT molecular complexity index is 611. The van der Waals surface area contributed by atoms with E-state index in [1.54, 1.807) is 23.1 Å².